The number of carbonyl (C=O) groups is 2. The molecule has 0 bridgehead atoms. The molecule has 92 valence electrons. The van der Waals surface area contributed by atoms with Crippen molar-refractivity contribution in [1.82, 2.24) is 0 Å². The SMILES string of the molecule is COC(=O)C(Cc1ccc(F)cc1)C(=O)OC. The first-order valence-electron chi connectivity index (χ1n) is 4.98. The molecule has 0 aromatic heterocycles. The molecular weight excluding hydrogens is 227 g/mol. The second kappa shape index (κ2) is 5.98. The summed E-state index contributed by atoms with van der Waals surface area (Å²) in [5, 5.41) is 0. The maximum Gasteiger partial charge on any atom is 0.320 e. The number of hydrogen-bond acceptors (Lipinski definition) is 4. The highest BCUT2D eigenvalue weighted by atomic mass is 19.1. The van der Waals surface area contributed by atoms with E-state index in [2.05, 4.69) is 9.47 Å². The number of benzene rings is 1. The highest BCUT2D eigenvalue weighted by molar-refractivity contribution is 5.95. The molecule has 1 rings (SSSR count). The standard InChI is InChI=1S/C12H13FO4/c1-16-11(14)10(12(15)17-2)7-8-3-5-9(13)6-4-8/h3-6,10H,7H2,1-2H3. The van der Waals surface area contributed by atoms with Gasteiger partial charge in [-0.05, 0) is 24.1 Å². The van der Waals surface area contributed by atoms with E-state index < -0.39 is 17.9 Å². The van der Waals surface area contributed by atoms with Crippen LogP contribution in [0, 0.1) is 11.7 Å². The summed E-state index contributed by atoms with van der Waals surface area (Å²) in [6, 6.07) is 5.55. The minimum atomic E-state index is -1.02. The van der Waals surface area contributed by atoms with Gasteiger partial charge in [0, 0.05) is 0 Å². The van der Waals surface area contributed by atoms with Gasteiger partial charge in [0.25, 0.3) is 0 Å². The van der Waals surface area contributed by atoms with Crippen LogP contribution in [0.4, 0.5) is 4.39 Å². The van der Waals surface area contributed by atoms with Crippen LogP contribution in [0.1, 0.15) is 5.56 Å². The molecule has 0 radical (unpaired) electrons. The van der Waals surface area contributed by atoms with E-state index in [0.29, 0.717) is 5.56 Å². The molecule has 5 heteroatoms. The maximum absolute atomic E-state index is 12.7. The van der Waals surface area contributed by atoms with Crippen molar-refractivity contribution in [3.05, 3.63) is 35.6 Å². The number of carbonyl (C=O) groups excluding carboxylic acids is 2. The number of halogens is 1. The third-order valence-electron chi connectivity index (χ3n) is 2.32. The van der Waals surface area contributed by atoms with Crippen LogP contribution in [-0.4, -0.2) is 26.2 Å². The molecule has 1 aromatic carbocycles. The van der Waals surface area contributed by atoms with Gasteiger partial charge in [0.15, 0.2) is 5.92 Å². The van der Waals surface area contributed by atoms with Crippen LogP contribution in [0.25, 0.3) is 0 Å². The Bertz CT molecular complexity index is 383. The summed E-state index contributed by atoms with van der Waals surface area (Å²) in [5.74, 6) is -2.72. The molecule has 0 aliphatic heterocycles. The smallest absolute Gasteiger partial charge is 0.320 e. The first-order valence-corrected chi connectivity index (χ1v) is 4.98. The van der Waals surface area contributed by atoms with Gasteiger partial charge >= 0.3 is 11.9 Å². The van der Waals surface area contributed by atoms with Gasteiger partial charge in [-0.25, -0.2) is 4.39 Å². The summed E-state index contributed by atoms with van der Waals surface area (Å²) in [7, 11) is 2.39. The Morgan fingerprint density at radius 3 is 2.00 bits per heavy atom. The van der Waals surface area contributed by atoms with E-state index in [1.807, 2.05) is 0 Å². The zero-order valence-electron chi connectivity index (χ0n) is 9.60. The highest BCUT2D eigenvalue weighted by Gasteiger charge is 2.28. The van der Waals surface area contributed by atoms with Crippen molar-refractivity contribution < 1.29 is 23.5 Å². The fourth-order valence-corrected chi connectivity index (χ4v) is 1.40. The topological polar surface area (TPSA) is 52.6 Å². The van der Waals surface area contributed by atoms with Gasteiger partial charge in [0.2, 0.25) is 0 Å². The molecule has 1 aromatic rings. The van der Waals surface area contributed by atoms with E-state index in [-0.39, 0.29) is 12.2 Å². The average Bonchev–Trinajstić information content (AvgIpc) is 2.36. The van der Waals surface area contributed by atoms with Gasteiger partial charge in [0.05, 0.1) is 14.2 Å². The second-order valence-corrected chi connectivity index (χ2v) is 3.43. The fraction of sp³-hybridized carbons (Fsp3) is 0.333. The van der Waals surface area contributed by atoms with E-state index in [0.717, 1.165) is 0 Å². The van der Waals surface area contributed by atoms with Gasteiger partial charge in [0.1, 0.15) is 5.82 Å². The Labute approximate surface area is 98.3 Å². The van der Waals surface area contributed by atoms with Crippen molar-refractivity contribution >= 4 is 11.9 Å². The lowest BCUT2D eigenvalue weighted by Gasteiger charge is -2.12. The van der Waals surface area contributed by atoms with Crippen molar-refractivity contribution in [2.24, 2.45) is 5.92 Å². The largest absolute Gasteiger partial charge is 0.468 e. The molecule has 0 spiro atoms. The summed E-state index contributed by atoms with van der Waals surface area (Å²) in [6.07, 6.45) is 0.125. The van der Waals surface area contributed by atoms with Crippen LogP contribution < -0.4 is 0 Å². The Morgan fingerprint density at radius 2 is 1.59 bits per heavy atom. The highest BCUT2D eigenvalue weighted by Crippen LogP contribution is 2.13. The van der Waals surface area contributed by atoms with Gasteiger partial charge < -0.3 is 9.47 Å². The minimum Gasteiger partial charge on any atom is -0.468 e. The molecule has 0 aliphatic rings. The quantitative estimate of drug-likeness (QED) is 0.588. The van der Waals surface area contributed by atoms with Crippen LogP contribution in [-0.2, 0) is 25.5 Å². The number of rotatable bonds is 4. The van der Waals surface area contributed by atoms with Crippen LogP contribution in [0.2, 0.25) is 0 Å². The first kappa shape index (κ1) is 13.2. The lowest BCUT2D eigenvalue weighted by Crippen LogP contribution is -2.28. The molecule has 0 saturated heterocycles. The Morgan fingerprint density at radius 1 is 1.12 bits per heavy atom. The van der Waals surface area contributed by atoms with Crippen molar-refractivity contribution in [2.75, 3.05) is 14.2 Å². The molecular formula is C12H13FO4. The number of methoxy groups -OCH3 is 2. The van der Waals surface area contributed by atoms with Crippen LogP contribution in [0.15, 0.2) is 24.3 Å². The second-order valence-electron chi connectivity index (χ2n) is 3.43. The van der Waals surface area contributed by atoms with Crippen molar-refractivity contribution in [1.29, 1.82) is 0 Å². The molecule has 0 atom stereocenters. The van der Waals surface area contributed by atoms with Crippen LogP contribution >= 0.6 is 0 Å². The van der Waals surface area contributed by atoms with E-state index in [1.54, 1.807) is 0 Å². The Kier molecular flexibility index (Phi) is 4.63. The molecule has 4 nitrogen and oxygen atoms in total. The Hall–Kier alpha value is -1.91. The summed E-state index contributed by atoms with van der Waals surface area (Å²) in [6.45, 7) is 0. The van der Waals surface area contributed by atoms with Crippen molar-refractivity contribution in [2.45, 2.75) is 6.42 Å². The van der Waals surface area contributed by atoms with E-state index >= 15 is 0 Å². The average molecular weight is 240 g/mol. The fourth-order valence-electron chi connectivity index (χ4n) is 1.40. The number of esters is 2. The third kappa shape index (κ3) is 3.55. The van der Waals surface area contributed by atoms with E-state index in [9.17, 15) is 14.0 Å². The zero-order valence-corrected chi connectivity index (χ0v) is 9.60. The monoisotopic (exact) mass is 240 g/mol. The third-order valence-corrected chi connectivity index (χ3v) is 2.32. The molecule has 0 saturated carbocycles. The number of hydrogen-bond donors (Lipinski definition) is 0. The molecule has 0 heterocycles. The normalized spacial score (nSPS) is 10.1. The zero-order chi connectivity index (χ0) is 12.8. The summed E-state index contributed by atoms with van der Waals surface area (Å²) in [4.78, 5) is 22.8. The van der Waals surface area contributed by atoms with Crippen LogP contribution in [0.5, 0.6) is 0 Å². The first-order chi connectivity index (χ1) is 8.08. The lowest BCUT2D eigenvalue weighted by molar-refractivity contribution is -0.158. The molecule has 0 fully saturated rings. The van der Waals surface area contributed by atoms with E-state index in [4.69, 9.17) is 0 Å². The van der Waals surface area contributed by atoms with Crippen LogP contribution in [0.3, 0.4) is 0 Å². The van der Waals surface area contributed by atoms with E-state index in [1.165, 1.54) is 38.5 Å². The summed E-state index contributed by atoms with van der Waals surface area (Å²) < 4.78 is 21.7. The van der Waals surface area contributed by atoms with Gasteiger partial charge in [-0.15, -0.1) is 0 Å². The summed E-state index contributed by atoms with van der Waals surface area (Å²) in [5.41, 5.74) is 0.659. The predicted octanol–water partition coefficient (Wildman–Crippen LogP) is 1.33. The predicted molar refractivity (Wildman–Crippen MR) is 57.6 cm³/mol. The molecule has 0 unspecified atom stereocenters. The molecule has 0 N–H and O–H groups in total. The molecule has 17 heavy (non-hydrogen) atoms. The molecule has 0 aliphatic carbocycles. The lowest BCUT2D eigenvalue weighted by atomic mass is 9.99. The van der Waals surface area contributed by atoms with Gasteiger partial charge in [-0.1, -0.05) is 12.1 Å². The maximum atomic E-state index is 12.7. The Balaban J connectivity index is 2.82. The summed E-state index contributed by atoms with van der Waals surface area (Å²) >= 11 is 0. The number of ether oxygens (including phenoxy) is 2. The van der Waals surface area contributed by atoms with Crippen molar-refractivity contribution in [3.63, 3.8) is 0 Å². The minimum absolute atomic E-state index is 0.125. The molecule has 0 amide bonds. The van der Waals surface area contributed by atoms with Gasteiger partial charge in [-0.3, -0.25) is 9.59 Å². The van der Waals surface area contributed by atoms with Gasteiger partial charge in [-0.2, -0.15) is 0 Å². The van der Waals surface area contributed by atoms with Crippen molar-refractivity contribution in [3.8, 4) is 0 Å².